The lowest BCUT2D eigenvalue weighted by Gasteiger charge is -2.24. The van der Waals surface area contributed by atoms with Crippen LogP contribution in [-0.4, -0.2) is 34.6 Å². The molecule has 1 N–H and O–H groups in total. The van der Waals surface area contributed by atoms with E-state index in [2.05, 4.69) is 21.8 Å². The van der Waals surface area contributed by atoms with Crippen molar-refractivity contribution < 1.29 is 4.74 Å². The minimum absolute atomic E-state index is 0.658. The molecule has 2 rings (SSSR count). The molecule has 0 bridgehead atoms. The van der Waals surface area contributed by atoms with E-state index in [1.54, 1.807) is 0 Å². The highest BCUT2D eigenvalue weighted by molar-refractivity contribution is 7.99. The predicted octanol–water partition coefficient (Wildman–Crippen LogP) is 1.60. The second-order valence-electron chi connectivity index (χ2n) is 3.05. The number of ether oxygens (including phenoxy) is 1. The van der Waals surface area contributed by atoms with E-state index in [1.165, 1.54) is 11.5 Å². The molecule has 0 amide bonds. The first-order valence-corrected chi connectivity index (χ1v) is 6.46. The Morgan fingerprint density at radius 2 is 2.50 bits per heavy atom. The maximum atomic E-state index is 5.11. The first-order valence-electron chi connectivity index (χ1n) is 4.64. The molecule has 1 aliphatic heterocycles. The second kappa shape index (κ2) is 4.95. The van der Waals surface area contributed by atoms with Crippen molar-refractivity contribution in [2.75, 3.05) is 25.1 Å². The van der Waals surface area contributed by atoms with Gasteiger partial charge in [0.25, 0.3) is 0 Å². The number of thioether (sulfide) groups is 1. The van der Waals surface area contributed by atoms with Crippen molar-refractivity contribution in [3.63, 3.8) is 0 Å². The zero-order valence-electron chi connectivity index (χ0n) is 8.02. The second-order valence-corrected chi connectivity index (χ2v) is 5.09. The minimum atomic E-state index is 0.658. The van der Waals surface area contributed by atoms with Crippen LogP contribution in [0.5, 0.6) is 0 Å². The van der Waals surface area contributed by atoms with Gasteiger partial charge in [-0.3, -0.25) is 0 Å². The summed E-state index contributed by atoms with van der Waals surface area (Å²) in [5, 5.41) is 9.14. The van der Waals surface area contributed by atoms with Gasteiger partial charge in [0.1, 0.15) is 10.7 Å². The molecule has 4 nitrogen and oxygen atoms in total. The Morgan fingerprint density at radius 1 is 1.64 bits per heavy atom. The summed E-state index contributed by atoms with van der Waals surface area (Å²) in [5.41, 5.74) is 1.08. The predicted molar refractivity (Wildman–Crippen MR) is 60.0 cm³/mol. The normalized spacial score (nSPS) is 16.6. The largest absolute Gasteiger partial charge is 0.379 e. The van der Waals surface area contributed by atoms with Crippen LogP contribution < -0.4 is 5.32 Å². The van der Waals surface area contributed by atoms with Crippen LogP contribution in [0.3, 0.4) is 0 Å². The van der Waals surface area contributed by atoms with E-state index in [1.807, 2.05) is 11.8 Å². The van der Waals surface area contributed by atoms with Gasteiger partial charge in [-0.05, 0) is 6.92 Å². The van der Waals surface area contributed by atoms with Crippen LogP contribution in [0.25, 0.3) is 0 Å². The monoisotopic (exact) mass is 231 g/mol. The van der Waals surface area contributed by atoms with Crippen LogP contribution in [0.4, 0.5) is 5.00 Å². The molecule has 0 spiro atoms. The van der Waals surface area contributed by atoms with Crippen molar-refractivity contribution in [3.8, 4) is 0 Å². The molecule has 0 radical (unpaired) electrons. The molecular formula is C8H13N3OS2. The van der Waals surface area contributed by atoms with Gasteiger partial charge in [-0.25, -0.2) is 0 Å². The van der Waals surface area contributed by atoms with Crippen LogP contribution in [-0.2, 0) is 10.5 Å². The lowest BCUT2D eigenvalue weighted by Crippen LogP contribution is -2.30. The first kappa shape index (κ1) is 10.2. The van der Waals surface area contributed by atoms with Crippen LogP contribution in [0, 0.1) is 0 Å². The molecule has 0 aromatic carbocycles. The number of rotatable bonds is 5. The number of aromatic nitrogens is 2. The average Bonchev–Trinajstić information content (AvgIpc) is 2.51. The number of hydrogen-bond acceptors (Lipinski definition) is 6. The number of hydrogen-bond donors (Lipinski definition) is 1. The first-order chi connectivity index (χ1) is 6.90. The van der Waals surface area contributed by atoms with Crippen LogP contribution in [0.2, 0.25) is 0 Å². The Morgan fingerprint density at radius 3 is 3.14 bits per heavy atom. The van der Waals surface area contributed by atoms with Gasteiger partial charge in [-0.2, -0.15) is 0 Å². The molecule has 0 saturated carbocycles. The Kier molecular flexibility index (Phi) is 3.61. The van der Waals surface area contributed by atoms with E-state index in [-0.39, 0.29) is 0 Å². The van der Waals surface area contributed by atoms with E-state index in [0.717, 1.165) is 36.2 Å². The quantitative estimate of drug-likeness (QED) is 0.834. The van der Waals surface area contributed by atoms with Crippen molar-refractivity contribution in [2.24, 2.45) is 0 Å². The maximum absolute atomic E-state index is 5.11. The molecule has 1 aromatic rings. The molecule has 0 unspecified atom stereocenters. The third-order valence-corrected chi connectivity index (χ3v) is 3.87. The number of nitrogens with one attached hydrogen (secondary N) is 1. The van der Waals surface area contributed by atoms with Crippen molar-refractivity contribution in [3.05, 3.63) is 5.69 Å². The maximum Gasteiger partial charge on any atom is 0.134 e. The lowest BCUT2D eigenvalue weighted by molar-refractivity contribution is 0.0455. The number of anilines is 1. The molecule has 1 aliphatic rings. The van der Waals surface area contributed by atoms with E-state index >= 15 is 0 Å². The zero-order valence-corrected chi connectivity index (χ0v) is 9.66. The van der Waals surface area contributed by atoms with Crippen LogP contribution in [0.15, 0.2) is 0 Å². The van der Waals surface area contributed by atoms with E-state index < -0.39 is 0 Å². The Hall–Kier alpha value is -0.330. The van der Waals surface area contributed by atoms with E-state index in [4.69, 9.17) is 4.74 Å². The SMILES string of the molecule is CCNc1snnc1CSC1COC1. The Balaban J connectivity index is 1.84. The fourth-order valence-corrected chi connectivity index (χ4v) is 2.83. The van der Waals surface area contributed by atoms with Gasteiger partial charge in [-0.15, -0.1) is 16.9 Å². The van der Waals surface area contributed by atoms with Gasteiger partial charge >= 0.3 is 0 Å². The van der Waals surface area contributed by atoms with Gasteiger partial charge < -0.3 is 10.1 Å². The van der Waals surface area contributed by atoms with Gasteiger partial charge in [0, 0.05) is 23.8 Å². The highest BCUT2D eigenvalue weighted by Gasteiger charge is 2.19. The molecule has 0 aliphatic carbocycles. The average molecular weight is 231 g/mol. The summed E-state index contributed by atoms with van der Waals surface area (Å²) in [6.07, 6.45) is 0. The summed E-state index contributed by atoms with van der Waals surface area (Å²) in [5.74, 6) is 0.937. The smallest absolute Gasteiger partial charge is 0.134 e. The van der Waals surface area contributed by atoms with Gasteiger partial charge in [-0.1, -0.05) is 4.49 Å². The van der Waals surface area contributed by atoms with Crippen molar-refractivity contribution in [1.29, 1.82) is 0 Å². The fraction of sp³-hybridized carbons (Fsp3) is 0.750. The molecule has 0 atom stereocenters. The van der Waals surface area contributed by atoms with Crippen molar-refractivity contribution >= 4 is 28.3 Å². The summed E-state index contributed by atoms with van der Waals surface area (Å²) >= 11 is 3.33. The Labute approximate surface area is 91.6 Å². The van der Waals surface area contributed by atoms with Gasteiger partial charge in [0.15, 0.2) is 0 Å². The van der Waals surface area contributed by atoms with Gasteiger partial charge in [0.2, 0.25) is 0 Å². The molecule has 78 valence electrons. The van der Waals surface area contributed by atoms with E-state index in [0.29, 0.717) is 5.25 Å². The van der Waals surface area contributed by atoms with E-state index in [9.17, 15) is 0 Å². The molecule has 6 heteroatoms. The number of nitrogens with zero attached hydrogens (tertiary/aromatic N) is 2. The summed E-state index contributed by atoms with van der Waals surface area (Å²) in [4.78, 5) is 0. The molecule has 1 fully saturated rings. The fourth-order valence-electron chi connectivity index (χ4n) is 1.10. The topological polar surface area (TPSA) is 47.0 Å². The summed E-state index contributed by atoms with van der Waals surface area (Å²) in [6.45, 7) is 4.78. The van der Waals surface area contributed by atoms with Crippen LogP contribution >= 0.6 is 23.3 Å². The molecule has 2 heterocycles. The highest BCUT2D eigenvalue weighted by atomic mass is 32.2. The molecule has 14 heavy (non-hydrogen) atoms. The third-order valence-electron chi connectivity index (χ3n) is 1.96. The third kappa shape index (κ3) is 2.37. The summed E-state index contributed by atoms with van der Waals surface area (Å²) in [6, 6.07) is 0. The molecule has 1 aromatic heterocycles. The van der Waals surface area contributed by atoms with Gasteiger partial charge in [0.05, 0.1) is 18.5 Å². The summed E-state index contributed by atoms with van der Waals surface area (Å²) < 4.78 is 9.06. The molecular weight excluding hydrogens is 218 g/mol. The zero-order chi connectivity index (χ0) is 9.80. The lowest BCUT2D eigenvalue weighted by atomic mass is 10.4. The highest BCUT2D eigenvalue weighted by Crippen LogP contribution is 2.27. The van der Waals surface area contributed by atoms with Crippen molar-refractivity contribution in [2.45, 2.75) is 17.9 Å². The minimum Gasteiger partial charge on any atom is -0.379 e. The standard InChI is InChI=1S/C8H13N3OS2/c1-2-9-8-7(10-11-14-8)5-13-6-3-12-4-6/h6,9H,2-5H2,1H3. The summed E-state index contributed by atoms with van der Waals surface area (Å²) in [7, 11) is 0. The Bertz CT molecular complexity index is 288. The van der Waals surface area contributed by atoms with Crippen LogP contribution in [0.1, 0.15) is 12.6 Å². The van der Waals surface area contributed by atoms with Crippen molar-refractivity contribution in [1.82, 2.24) is 9.59 Å². The molecule has 1 saturated heterocycles.